The van der Waals surface area contributed by atoms with E-state index < -0.39 is 5.41 Å². The average molecular weight is 230 g/mol. The third-order valence-electron chi connectivity index (χ3n) is 3.61. The fourth-order valence-corrected chi connectivity index (χ4v) is 2.29. The second-order valence-corrected chi connectivity index (χ2v) is 4.85. The van der Waals surface area contributed by atoms with Crippen LogP contribution < -0.4 is 0 Å². The second kappa shape index (κ2) is 5.17. The van der Waals surface area contributed by atoms with Crippen molar-refractivity contribution in [1.29, 1.82) is 0 Å². The Morgan fingerprint density at radius 3 is 2.13 bits per heavy atom. The molecule has 2 atom stereocenters. The minimum Gasteiger partial charge on any atom is -0.393 e. The number of hydrogen-bond acceptors (Lipinski definition) is 3. The van der Waals surface area contributed by atoms with Crippen LogP contribution in [0, 0.1) is 10.8 Å². The number of hydrogen-bond donors (Lipinski definition) is 2. The molecule has 15 heavy (non-hydrogen) atoms. The van der Waals surface area contributed by atoms with Crippen molar-refractivity contribution in [2.75, 3.05) is 6.26 Å². The summed E-state index contributed by atoms with van der Waals surface area (Å²) in [5, 5.41) is 9.56. The molecule has 0 heterocycles. The van der Waals surface area contributed by atoms with Gasteiger partial charge in [-0.25, -0.2) is 0 Å². The Labute approximate surface area is 98.2 Å². The van der Waals surface area contributed by atoms with E-state index in [0.29, 0.717) is 12.8 Å². The predicted molar refractivity (Wildman–Crippen MR) is 67.2 cm³/mol. The van der Waals surface area contributed by atoms with Gasteiger partial charge in [0.25, 0.3) is 0 Å². The molecule has 0 amide bonds. The quantitative estimate of drug-likeness (QED) is 0.565. The SMILES string of the molecule is C=CC(=O)C1(C)CC(O)CC1(C)C.CS. The minimum absolute atomic E-state index is 0.0500. The standard InChI is InChI=1S/C11H18O2.CH4S/c1-5-9(13)11(4)7-8(12)6-10(11,2)3;1-2/h5,8,12H,1,6-7H2,2-4H3;2H,1H3. The third kappa shape index (κ3) is 2.64. The molecule has 2 nitrogen and oxygen atoms in total. The third-order valence-corrected chi connectivity index (χ3v) is 3.61. The highest BCUT2D eigenvalue weighted by molar-refractivity contribution is 7.79. The van der Waals surface area contributed by atoms with Crippen LogP contribution in [0.15, 0.2) is 12.7 Å². The topological polar surface area (TPSA) is 37.3 Å². The van der Waals surface area contributed by atoms with Crippen LogP contribution in [-0.2, 0) is 4.79 Å². The highest BCUT2D eigenvalue weighted by Crippen LogP contribution is 2.52. The maximum atomic E-state index is 11.7. The van der Waals surface area contributed by atoms with Gasteiger partial charge in [0.15, 0.2) is 5.78 Å². The molecule has 1 saturated carbocycles. The molecule has 1 fully saturated rings. The van der Waals surface area contributed by atoms with Gasteiger partial charge in [0.05, 0.1) is 6.10 Å². The molecule has 0 aromatic heterocycles. The van der Waals surface area contributed by atoms with Crippen LogP contribution in [0.4, 0.5) is 0 Å². The first-order valence-corrected chi connectivity index (χ1v) is 6.02. The summed E-state index contributed by atoms with van der Waals surface area (Å²) in [6, 6.07) is 0. The molecule has 0 bridgehead atoms. The van der Waals surface area contributed by atoms with Crippen molar-refractivity contribution in [3.05, 3.63) is 12.7 Å². The van der Waals surface area contributed by atoms with Crippen LogP contribution in [0.3, 0.4) is 0 Å². The van der Waals surface area contributed by atoms with Gasteiger partial charge in [-0.05, 0) is 30.6 Å². The van der Waals surface area contributed by atoms with E-state index >= 15 is 0 Å². The Balaban J connectivity index is 0.000000921. The van der Waals surface area contributed by atoms with Gasteiger partial charge in [-0.3, -0.25) is 4.79 Å². The van der Waals surface area contributed by atoms with Gasteiger partial charge in [-0.15, -0.1) is 0 Å². The number of aliphatic hydroxyl groups excluding tert-OH is 1. The van der Waals surface area contributed by atoms with E-state index in [2.05, 4.69) is 19.2 Å². The Morgan fingerprint density at radius 1 is 1.40 bits per heavy atom. The molecule has 1 aliphatic rings. The maximum absolute atomic E-state index is 11.7. The summed E-state index contributed by atoms with van der Waals surface area (Å²) in [5.41, 5.74) is -0.564. The van der Waals surface area contributed by atoms with Gasteiger partial charge in [-0.1, -0.05) is 27.4 Å². The first kappa shape index (κ1) is 14.7. The van der Waals surface area contributed by atoms with Crippen LogP contribution in [0.5, 0.6) is 0 Å². The smallest absolute Gasteiger partial charge is 0.161 e. The first-order valence-electron chi connectivity index (χ1n) is 5.13. The maximum Gasteiger partial charge on any atom is 0.161 e. The monoisotopic (exact) mass is 230 g/mol. The summed E-state index contributed by atoms with van der Waals surface area (Å²) < 4.78 is 0. The van der Waals surface area contributed by atoms with Crippen LogP contribution in [-0.4, -0.2) is 23.2 Å². The molecule has 0 aliphatic heterocycles. The van der Waals surface area contributed by atoms with Crippen molar-refractivity contribution in [1.82, 2.24) is 0 Å². The number of carbonyl (C=O) groups is 1. The predicted octanol–water partition coefficient (Wildman–Crippen LogP) is 2.47. The molecule has 1 aliphatic carbocycles. The number of allylic oxidation sites excluding steroid dienone is 1. The lowest BCUT2D eigenvalue weighted by atomic mass is 9.67. The van der Waals surface area contributed by atoms with Crippen LogP contribution in [0.25, 0.3) is 0 Å². The Bertz CT molecular complexity index is 248. The zero-order valence-corrected chi connectivity index (χ0v) is 11.0. The fraction of sp³-hybridized carbons (Fsp3) is 0.750. The highest BCUT2D eigenvalue weighted by atomic mass is 32.1. The van der Waals surface area contributed by atoms with Gasteiger partial charge < -0.3 is 5.11 Å². The van der Waals surface area contributed by atoms with Crippen molar-refractivity contribution in [2.45, 2.75) is 39.7 Å². The summed E-state index contributed by atoms with van der Waals surface area (Å²) in [6.45, 7) is 9.50. The fourth-order valence-electron chi connectivity index (χ4n) is 2.29. The van der Waals surface area contributed by atoms with Crippen LogP contribution in [0.2, 0.25) is 0 Å². The van der Waals surface area contributed by atoms with Crippen molar-refractivity contribution < 1.29 is 9.90 Å². The summed E-state index contributed by atoms with van der Waals surface area (Å²) >= 11 is 3.53. The van der Waals surface area contributed by atoms with E-state index in [0.717, 1.165) is 0 Å². The molecule has 1 N–H and O–H groups in total. The van der Waals surface area contributed by atoms with E-state index in [1.807, 2.05) is 20.8 Å². The van der Waals surface area contributed by atoms with Crippen molar-refractivity contribution >= 4 is 18.4 Å². The number of aliphatic hydroxyl groups is 1. The van der Waals surface area contributed by atoms with Gasteiger partial charge in [0.1, 0.15) is 0 Å². The van der Waals surface area contributed by atoms with Crippen molar-refractivity contribution in [2.24, 2.45) is 10.8 Å². The summed E-state index contributed by atoms with van der Waals surface area (Å²) in [6.07, 6.45) is 3.98. The number of ketones is 1. The molecular weight excluding hydrogens is 208 g/mol. The van der Waals surface area contributed by atoms with Gasteiger partial charge in [0.2, 0.25) is 0 Å². The molecule has 0 aromatic carbocycles. The lowest BCUT2D eigenvalue weighted by Gasteiger charge is -2.35. The minimum atomic E-state index is -0.436. The Morgan fingerprint density at radius 2 is 1.87 bits per heavy atom. The van der Waals surface area contributed by atoms with E-state index in [4.69, 9.17) is 0 Å². The van der Waals surface area contributed by atoms with E-state index in [1.165, 1.54) is 6.08 Å². The molecule has 0 aromatic rings. The van der Waals surface area contributed by atoms with Crippen molar-refractivity contribution in [3.63, 3.8) is 0 Å². The number of thiol groups is 1. The summed E-state index contributed by atoms with van der Waals surface area (Å²) in [5.74, 6) is 0.0500. The lowest BCUT2D eigenvalue weighted by Crippen LogP contribution is -2.36. The van der Waals surface area contributed by atoms with Gasteiger partial charge >= 0.3 is 0 Å². The Hall–Kier alpha value is -0.280. The molecular formula is C12H22O2S. The zero-order valence-electron chi connectivity index (χ0n) is 10.1. The number of rotatable bonds is 2. The van der Waals surface area contributed by atoms with Gasteiger partial charge in [-0.2, -0.15) is 12.6 Å². The van der Waals surface area contributed by atoms with Crippen molar-refractivity contribution in [3.8, 4) is 0 Å². The molecule has 2 unspecified atom stereocenters. The zero-order chi connectivity index (χ0) is 12.3. The first-order chi connectivity index (χ1) is 6.83. The lowest BCUT2D eigenvalue weighted by molar-refractivity contribution is -0.127. The molecule has 0 spiro atoms. The van der Waals surface area contributed by atoms with E-state index in [1.54, 1.807) is 6.26 Å². The summed E-state index contributed by atoms with van der Waals surface area (Å²) in [7, 11) is 0. The highest BCUT2D eigenvalue weighted by Gasteiger charge is 2.52. The molecule has 3 heteroatoms. The molecule has 0 radical (unpaired) electrons. The normalized spacial score (nSPS) is 32.8. The average Bonchev–Trinajstić information content (AvgIpc) is 2.38. The largest absolute Gasteiger partial charge is 0.393 e. The molecule has 88 valence electrons. The molecule has 0 saturated heterocycles. The van der Waals surface area contributed by atoms with Crippen LogP contribution >= 0.6 is 12.6 Å². The summed E-state index contributed by atoms with van der Waals surface area (Å²) in [4.78, 5) is 11.7. The second-order valence-electron chi connectivity index (χ2n) is 4.85. The number of carbonyl (C=O) groups excluding carboxylic acids is 1. The molecule has 1 rings (SSSR count). The van der Waals surface area contributed by atoms with Gasteiger partial charge in [0, 0.05) is 5.41 Å². The van der Waals surface area contributed by atoms with Crippen LogP contribution in [0.1, 0.15) is 33.6 Å². The Kier molecular flexibility index (Phi) is 5.07. The van der Waals surface area contributed by atoms with E-state index in [9.17, 15) is 9.90 Å². The van der Waals surface area contributed by atoms with E-state index in [-0.39, 0.29) is 17.3 Å².